The quantitative estimate of drug-likeness (QED) is 0.422. The van der Waals surface area contributed by atoms with Gasteiger partial charge in [-0.25, -0.2) is 9.20 Å². The molecule has 0 unspecified atom stereocenters. The van der Waals surface area contributed by atoms with Crippen LogP contribution >= 0.6 is 11.3 Å². The van der Waals surface area contributed by atoms with Crippen LogP contribution in [0.3, 0.4) is 0 Å². The van der Waals surface area contributed by atoms with Crippen molar-refractivity contribution >= 4 is 34.1 Å². The first kappa shape index (κ1) is 17.3. The van der Waals surface area contributed by atoms with Crippen molar-refractivity contribution in [1.82, 2.24) is 28.3 Å². The minimum Gasteiger partial charge on any atom is -0.284 e. The molecule has 144 valence electrons. The molecule has 0 saturated carbocycles. The van der Waals surface area contributed by atoms with E-state index < -0.39 is 11.2 Å². The summed E-state index contributed by atoms with van der Waals surface area (Å²) in [6.07, 6.45) is 0. The first-order valence-electron chi connectivity index (χ1n) is 8.70. The van der Waals surface area contributed by atoms with Gasteiger partial charge >= 0.3 is 5.69 Å². The predicted molar refractivity (Wildman–Crippen MR) is 108 cm³/mol. The van der Waals surface area contributed by atoms with Crippen LogP contribution in [-0.4, -0.2) is 34.1 Å². The Morgan fingerprint density at radius 2 is 1.76 bits per heavy atom. The number of carbonyl (C=O) groups is 1. The Kier molecular flexibility index (Phi) is 3.65. The summed E-state index contributed by atoms with van der Waals surface area (Å²) in [6.45, 7) is 0. The summed E-state index contributed by atoms with van der Waals surface area (Å²) in [6, 6.07) is 12.7. The third kappa shape index (κ3) is 2.36. The van der Waals surface area contributed by atoms with Crippen LogP contribution in [-0.2, 0) is 14.1 Å². The average Bonchev–Trinajstić information content (AvgIpc) is 3.46. The van der Waals surface area contributed by atoms with Crippen molar-refractivity contribution < 1.29 is 4.79 Å². The molecular weight excluding hydrogens is 392 g/mol. The van der Waals surface area contributed by atoms with Gasteiger partial charge in [-0.15, -0.1) is 16.4 Å². The lowest BCUT2D eigenvalue weighted by atomic mass is 10.3. The molecule has 5 rings (SSSR count). The Morgan fingerprint density at radius 1 is 1.00 bits per heavy atom. The van der Waals surface area contributed by atoms with E-state index in [4.69, 9.17) is 0 Å². The number of carbonyl (C=O) groups excluding carboxylic acids is 1. The highest BCUT2D eigenvalue weighted by molar-refractivity contribution is 7.12. The second-order valence-electron chi connectivity index (χ2n) is 6.50. The third-order valence-electron chi connectivity index (χ3n) is 4.78. The summed E-state index contributed by atoms with van der Waals surface area (Å²) in [4.78, 5) is 43.4. The van der Waals surface area contributed by atoms with E-state index in [1.54, 1.807) is 17.5 Å². The number of nitrogens with zero attached hydrogens (tertiary/aromatic N) is 6. The molecule has 0 aliphatic rings. The highest BCUT2D eigenvalue weighted by Crippen LogP contribution is 2.21. The summed E-state index contributed by atoms with van der Waals surface area (Å²) >= 11 is 1.29. The lowest BCUT2D eigenvalue weighted by Gasteiger charge is -2.03. The van der Waals surface area contributed by atoms with Gasteiger partial charge in [0.15, 0.2) is 11.2 Å². The third-order valence-corrected chi connectivity index (χ3v) is 5.65. The van der Waals surface area contributed by atoms with Gasteiger partial charge in [-0.05, 0) is 23.6 Å². The fraction of sp³-hybridized carbons (Fsp3) is 0.105. The Labute approximate surface area is 166 Å². The zero-order chi connectivity index (χ0) is 20.3. The largest absolute Gasteiger partial charge is 0.332 e. The molecule has 4 aromatic heterocycles. The zero-order valence-electron chi connectivity index (χ0n) is 15.4. The number of aryl methyl sites for hydroxylation is 1. The van der Waals surface area contributed by atoms with Crippen LogP contribution in [0.15, 0.2) is 57.4 Å². The maximum Gasteiger partial charge on any atom is 0.332 e. The molecule has 4 heterocycles. The molecule has 0 spiro atoms. The summed E-state index contributed by atoms with van der Waals surface area (Å²) in [5.74, 6) is 0.0174. The number of aromatic nitrogens is 6. The van der Waals surface area contributed by atoms with Gasteiger partial charge in [0, 0.05) is 14.1 Å². The lowest BCUT2D eigenvalue weighted by Crippen LogP contribution is -2.37. The highest BCUT2D eigenvalue weighted by atomic mass is 32.1. The second-order valence-corrected chi connectivity index (χ2v) is 7.45. The number of hydrogen-bond donors (Lipinski definition) is 0. The maximum atomic E-state index is 13.2. The van der Waals surface area contributed by atoms with Crippen LogP contribution in [0.5, 0.6) is 0 Å². The van der Waals surface area contributed by atoms with Crippen molar-refractivity contribution in [1.29, 1.82) is 0 Å². The van der Waals surface area contributed by atoms with Gasteiger partial charge in [-0.1, -0.05) is 24.3 Å². The monoisotopic (exact) mass is 406 g/mol. The molecule has 9 nitrogen and oxygen atoms in total. The molecule has 29 heavy (non-hydrogen) atoms. The summed E-state index contributed by atoms with van der Waals surface area (Å²) in [5, 5.41) is 6.29. The van der Waals surface area contributed by atoms with E-state index in [0.29, 0.717) is 10.6 Å². The van der Waals surface area contributed by atoms with Crippen molar-refractivity contribution in [2.24, 2.45) is 14.1 Å². The SMILES string of the molecule is Cn1c(=O)c2c(nc3n(-c4ccccc4)nc(C(=O)c4cccs4)n23)n(C)c1=O. The number of thiophene rings is 1. The number of rotatable bonds is 3. The van der Waals surface area contributed by atoms with E-state index in [0.717, 1.165) is 4.57 Å². The van der Waals surface area contributed by atoms with Crippen molar-refractivity contribution in [3.05, 3.63) is 79.4 Å². The molecule has 0 aliphatic carbocycles. The Hall–Kier alpha value is -3.79. The van der Waals surface area contributed by atoms with Crippen molar-refractivity contribution in [3.8, 4) is 5.69 Å². The standard InChI is InChI=1S/C19H14N6O3S/c1-22-15-13(17(27)23(2)19(22)28)24-16(14(26)12-9-6-10-29-12)21-25(18(24)20-15)11-7-4-3-5-8-11/h3-10H,1-2H3. The van der Waals surface area contributed by atoms with Crippen LogP contribution in [0.2, 0.25) is 0 Å². The van der Waals surface area contributed by atoms with Crippen molar-refractivity contribution in [2.75, 3.05) is 0 Å². The number of ketones is 1. The Balaban J connectivity index is 1.98. The molecule has 0 N–H and O–H groups in total. The van der Waals surface area contributed by atoms with E-state index in [-0.39, 0.29) is 28.5 Å². The molecule has 0 aliphatic heterocycles. The highest BCUT2D eigenvalue weighted by Gasteiger charge is 2.26. The van der Waals surface area contributed by atoms with E-state index in [2.05, 4.69) is 10.1 Å². The molecule has 10 heteroatoms. The smallest absolute Gasteiger partial charge is 0.284 e. The number of hydrogen-bond acceptors (Lipinski definition) is 6. The fourth-order valence-corrected chi connectivity index (χ4v) is 3.98. The first-order chi connectivity index (χ1) is 14.0. The second kappa shape index (κ2) is 6.11. The van der Waals surface area contributed by atoms with Gasteiger partial charge in [0.2, 0.25) is 17.4 Å². The summed E-state index contributed by atoms with van der Waals surface area (Å²) in [7, 11) is 2.93. The summed E-state index contributed by atoms with van der Waals surface area (Å²) < 4.78 is 5.23. The minimum absolute atomic E-state index is 0.0598. The van der Waals surface area contributed by atoms with Crippen LogP contribution in [0.25, 0.3) is 22.6 Å². The molecule has 0 bridgehead atoms. The Bertz CT molecular complexity index is 1520. The van der Waals surface area contributed by atoms with Crippen molar-refractivity contribution in [2.45, 2.75) is 0 Å². The molecule has 1 aromatic carbocycles. The minimum atomic E-state index is -0.538. The van der Waals surface area contributed by atoms with Crippen LogP contribution in [0, 0.1) is 0 Å². The molecule has 0 atom stereocenters. The molecule has 0 fully saturated rings. The van der Waals surface area contributed by atoms with Gasteiger partial charge in [0.25, 0.3) is 5.56 Å². The Morgan fingerprint density at radius 3 is 2.45 bits per heavy atom. The fourth-order valence-electron chi connectivity index (χ4n) is 3.32. The molecule has 0 amide bonds. The van der Waals surface area contributed by atoms with E-state index >= 15 is 0 Å². The van der Waals surface area contributed by atoms with Crippen LogP contribution < -0.4 is 11.2 Å². The topological polar surface area (TPSA) is 96.2 Å². The zero-order valence-corrected chi connectivity index (χ0v) is 16.3. The normalized spacial score (nSPS) is 11.5. The predicted octanol–water partition coefficient (Wildman–Crippen LogP) is 1.36. The number of fused-ring (bicyclic) bond motifs is 3. The number of para-hydroxylation sites is 1. The molecular formula is C19H14N6O3S. The van der Waals surface area contributed by atoms with Crippen LogP contribution in [0.4, 0.5) is 0 Å². The molecule has 0 saturated heterocycles. The maximum absolute atomic E-state index is 13.2. The molecule has 5 aromatic rings. The van der Waals surface area contributed by atoms with Crippen molar-refractivity contribution in [3.63, 3.8) is 0 Å². The van der Waals surface area contributed by atoms with Gasteiger partial charge in [-0.2, -0.15) is 9.67 Å². The van der Waals surface area contributed by atoms with Gasteiger partial charge in [0.05, 0.1) is 10.6 Å². The summed E-state index contributed by atoms with van der Waals surface area (Å²) in [5.41, 5.74) is -0.0241. The van der Waals surface area contributed by atoms with Gasteiger partial charge in [-0.3, -0.25) is 18.7 Å². The van der Waals surface area contributed by atoms with Gasteiger partial charge < -0.3 is 0 Å². The van der Waals surface area contributed by atoms with E-state index in [9.17, 15) is 14.4 Å². The first-order valence-corrected chi connectivity index (χ1v) is 9.58. The number of imidazole rings is 1. The van der Waals surface area contributed by atoms with E-state index in [1.165, 1.54) is 39.1 Å². The average molecular weight is 406 g/mol. The lowest BCUT2D eigenvalue weighted by molar-refractivity contribution is 0.103. The number of benzene rings is 1. The molecule has 0 radical (unpaired) electrons. The van der Waals surface area contributed by atoms with Crippen LogP contribution in [0.1, 0.15) is 15.5 Å². The van der Waals surface area contributed by atoms with Gasteiger partial charge in [0.1, 0.15) is 0 Å². The van der Waals surface area contributed by atoms with E-state index in [1.807, 2.05) is 30.3 Å².